The molecule has 3 aromatic rings. The third kappa shape index (κ3) is 5.93. The Morgan fingerprint density at radius 3 is 2.71 bits per heavy atom. The lowest BCUT2D eigenvalue weighted by Gasteiger charge is -2.45. The Morgan fingerprint density at radius 1 is 1.29 bits per heavy atom. The summed E-state index contributed by atoms with van der Waals surface area (Å²) in [6, 6.07) is 9.02. The zero-order chi connectivity index (χ0) is 30.1. The largest absolute Gasteiger partial charge is 0.394 e. The van der Waals surface area contributed by atoms with Gasteiger partial charge in [-0.3, -0.25) is 4.79 Å². The predicted molar refractivity (Wildman–Crippen MR) is 152 cm³/mol. The average Bonchev–Trinajstić information content (AvgIpc) is 3.61. The molecule has 42 heavy (non-hydrogen) atoms. The highest BCUT2D eigenvalue weighted by atomic mass is 79.9. The molecule has 0 bridgehead atoms. The number of nitriles is 1. The van der Waals surface area contributed by atoms with Crippen LogP contribution < -0.4 is 4.90 Å². The first-order valence-electron chi connectivity index (χ1n) is 13.2. The number of methoxy groups -OCH3 is 1. The van der Waals surface area contributed by atoms with Crippen molar-refractivity contribution in [1.82, 2.24) is 15.0 Å². The van der Waals surface area contributed by atoms with Gasteiger partial charge in [-0.05, 0) is 55.7 Å². The van der Waals surface area contributed by atoms with Crippen LogP contribution in [0, 0.1) is 17.1 Å². The van der Waals surface area contributed by atoms with Crippen LogP contribution in [0.1, 0.15) is 30.9 Å². The number of hydrogen-bond donors (Lipinski definition) is 3. The molecule has 2 aromatic carbocycles. The molecule has 1 saturated carbocycles. The Hall–Kier alpha value is -2.96. The van der Waals surface area contributed by atoms with Gasteiger partial charge in [-0.1, -0.05) is 32.7 Å². The lowest BCUT2D eigenvalue weighted by molar-refractivity contribution is -0.211. The number of hydrogen-bond acceptors (Lipinski definition) is 9. The van der Waals surface area contributed by atoms with Crippen LogP contribution in [0.15, 0.2) is 47.1 Å². The first kappa shape index (κ1) is 30.5. The van der Waals surface area contributed by atoms with Crippen molar-refractivity contribution in [3.8, 4) is 17.3 Å². The number of halogens is 3. The third-order valence-corrected chi connectivity index (χ3v) is 8.34. The molecule has 7 atom stereocenters. The van der Waals surface area contributed by atoms with Crippen molar-refractivity contribution in [3.05, 3.63) is 63.5 Å². The summed E-state index contributed by atoms with van der Waals surface area (Å²) in [7, 11) is 1.34. The van der Waals surface area contributed by atoms with Crippen LogP contribution in [0.3, 0.4) is 0 Å². The van der Waals surface area contributed by atoms with Gasteiger partial charge in [-0.2, -0.15) is 5.26 Å². The minimum absolute atomic E-state index is 0.219. The van der Waals surface area contributed by atoms with Crippen molar-refractivity contribution in [2.24, 2.45) is 0 Å². The molecule has 1 aliphatic heterocycles. The van der Waals surface area contributed by atoms with Gasteiger partial charge in [0, 0.05) is 27.9 Å². The molecule has 0 spiro atoms. The summed E-state index contributed by atoms with van der Waals surface area (Å²) in [4.78, 5) is 15.7. The maximum atomic E-state index is 14.4. The monoisotopic (exact) mass is 663 g/mol. The van der Waals surface area contributed by atoms with Gasteiger partial charge in [0.05, 0.1) is 36.6 Å². The summed E-state index contributed by atoms with van der Waals surface area (Å²) in [5.74, 6) is -1.11. The number of aliphatic hydroxyl groups excluding tert-OH is 3. The normalized spacial score (nSPS) is 27.5. The summed E-state index contributed by atoms with van der Waals surface area (Å²) in [6.07, 6.45) is -2.85. The Balaban J connectivity index is 1.55. The Kier molecular flexibility index (Phi) is 9.24. The second kappa shape index (κ2) is 12.7. The first-order chi connectivity index (χ1) is 20.1. The quantitative estimate of drug-likeness (QED) is 0.346. The molecule has 5 rings (SSSR count). The number of benzene rings is 2. The first-order valence-corrected chi connectivity index (χ1v) is 14.4. The Morgan fingerprint density at radius 2 is 2.07 bits per heavy atom. The third-order valence-electron chi connectivity index (χ3n) is 7.66. The van der Waals surface area contributed by atoms with Crippen LogP contribution in [0.2, 0.25) is 5.02 Å². The van der Waals surface area contributed by atoms with E-state index in [2.05, 4.69) is 26.2 Å². The molecule has 2 aliphatic rings. The molecule has 11 nitrogen and oxygen atoms in total. The maximum Gasteiger partial charge on any atom is 0.259 e. The van der Waals surface area contributed by atoms with Gasteiger partial charge in [0.2, 0.25) is 0 Å². The summed E-state index contributed by atoms with van der Waals surface area (Å²) in [5, 5.41) is 50.2. The lowest BCUT2D eigenvalue weighted by atomic mass is 9.91. The molecule has 1 aromatic heterocycles. The van der Waals surface area contributed by atoms with Gasteiger partial charge in [-0.25, -0.2) is 9.07 Å². The highest BCUT2D eigenvalue weighted by Gasteiger charge is 2.52. The fourth-order valence-corrected chi connectivity index (χ4v) is 6.43. The smallest absolute Gasteiger partial charge is 0.259 e. The fourth-order valence-electron chi connectivity index (χ4n) is 5.73. The van der Waals surface area contributed by atoms with Gasteiger partial charge < -0.3 is 29.7 Å². The van der Waals surface area contributed by atoms with Crippen LogP contribution >= 0.6 is 27.5 Å². The highest BCUT2D eigenvalue weighted by molar-refractivity contribution is 9.10. The number of aliphatic hydroxyl groups is 3. The summed E-state index contributed by atoms with van der Waals surface area (Å²) >= 11 is 9.54. The van der Waals surface area contributed by atoms with Gasteiger partial charge >= 0.3 is 0 Å². The van der Waals surface area contributed by atoms with E-state index < -0.39 is 60.9 Å². The van der Waals surface area contributed by atoms with Crippen molar-refractivity contribution < 1.29 is 34.0 Å². The van der Waals surface area contributed by atoms with E-state index in [1.807, 2.05) is 6.07 Å². The van der Waals surface area contributed by atoms with E-state index in [4.69, 9.17) is 21.1 Å². The number of rotatable bonds is 7. The van der Waals surface area contributed by atoms with Crippen molar-refractivity contribution in [2.75, 3.05) is 18.6 Å². The zero-order valence-corrected chi connectivity index (χ0v) is 24.7. The number of carbonyl (C=O) groups excluding carboxylic acids is 1. The molecule has 2 fully saturated rings. The fraction of sp³-hybridized carbons (Fsp3) is 0.429. The van der Waals surface area contributed by atoms with Gasteiger partial charge in [0.25, 0.3) is 5.91 Å². The summed E-state index contributed by atoms with van der Waals surface area (Å²) in [6.45, 7) is -0.627. The lowest BCUT2D eigenvalue weighted by Crippen LogP contribution is -2.62. The van der Waals surface area contributed by atoms with Crippen molar-refractivity contribution >= 4 is 39.1 Å². The molecule has 1 aliphatic carbocycles. The molecular formula is C28H28BrClFN5O6. The highest BCUT2D eigenvalue weighted by Crippen LogP contribution is 2.37. The minimum Gasteiger partial charge on any atom is -0.394 e. The van der Waals surface area contributed by atoms with E-state index in [9.17, 15) is 29.8 Å². The van der Waals surface area contributed by atoms with E-state index in [-0.39, 0.29) is 16.3 Å². The second-order valence-electron chi connectivity index (χ2n) is 10.3. The van der Waals surface area contributed by atoms with E-state index in [0.717, 1.165) is 0 Å². The topological polar surface area (TPSA) is 154 Å². The molecule has 2 heterocycles. The van der Waals surface area contributed by atoms with E-state index in [1.54, 1.807) is 6.07 Å². The molecule has 14 heteroatoms. The number of amides is 1. The van der Waals surface area contributed by atoms with Gasteiger partial charge in [0.15, 0.2) is 6.10 Å². The van der Waals surface area contributed by atoms with E-state index >= 15 is 0 Å². The molecule has 0 radical (unpaired) electrons. The average molecular weight is 665 g/mol. The molecule has 222 valence electrons. The summed E-state index contributed by atoms with van der Waals surface area (Å²) in [5.41, 5.74) is 1.23. The molecule has 1 amide bonds. The van der Waals surface area contributed by atoms with E-state index in [1.165, 1.54) is 53.2 Å². The van der Waals surface area contributed by atoms with Crippen molar-refractivity contribution in [1.29, 1.82) is 5.26 Å². The number of carbonyl (C=O) groups is 1. The van der Waals surface area contributed by atoms with E-state index in [0.29, 0.717) is 35.0 Å². The van der Waals surface area contributed by atoms with Crippen LogP contribution in [0.5, 0.6) is 0 Å². The number of anilines is 1. The van der Waals surface area contributed by atoms with Crippen LogP contribution in [0.4, 0.5) is 10.1 Å². The standard InChI is InChI=1S/C28H28BrClFN5O6/c1-41-26-24(35-12-20(33-34-35)15-7-16(29)9-18(31)8-15)25(39)23(13-37)42-27(26)28(40)36(21-3-2-4-22(21)38)19-6-14(11-32)5-17(30)10-19/h5-10,12,21-27,37-39H,2-4,13H2,1H3/t21-,22-,23-,24+,25+,26-,27-/m1/s1. The molecule has 1 saturated heterocycles. The van der Waals surface area contributed by atoms with Crippen LogP contribution in [0.25, 0.3) is 11.3 Å². The molecule has 0 unspecified atom stereocenters. The van der Waals surface area contributed by atoms with Gasteiger partial charge in [0.1, 0.15) is 35.9 Å². The minimum atomic E-state index is -1.38. The zero-order valence-electron chi connectivity index (χ0n) is 22.3. The number of nitrogens with zero attached hydrogens (tertiary/aromatic N) is 5. The second-order valence-corrected chi connectivity index (χ2v) is 11.6. The summed E-state index contributed by atoms with van der Waals surface area (Å²) < 4.78 is 27.6. The Labute approximate surface area is 254 Å². The van der Waals surface area contributed by atoms with Gasteiger partial charge in [-0.15, -0.1) is 5.10 Å². The Bertz CT molecular complexity index is 1480. The van der Waals surface area contributed by atoms with Crippen LogP contribution in [-0.2, 0) is 14.3 Å². The van der Waals surface area contributed by atoms with Crippen LogP contribution in [-0.4, -0.2) is 86.5 Å². The number of ether oxygens (including phenoxy) is 2. The SMILES string of the molecule is CO[C@@H]1[C@@H](n2cc(-c3cc(F)cc(Br)c3)nn2)[C@@H](O)[C@@H](CO)O[C@H]1C(=O)N(c1cc(Cl)cc(C#N)c1)[C@@H]1CCC[C@H]1O. The number of aromatic nitrogens is 3. The maximum absolute atomic E-state index is 14.4. The molecular weight excluding hydrogens is 637 g/mol. The molecule has 3 N–H and O–H groups in total. The predicted octanol–water partition coefficient (Wildman–Crippen LogP) is 3.00. The van der Waals surface area contributed by atoms with Crippen molar-refractivity contribution in [2.45, 2.75) is 61.9 Å². The van der Waals surface area contributed by atoms with Crippen molar-refractivity contribution in [3.63, 3.8) is 0 Å².